The van der Waals surface area contributed by atoms with Crippen molar-refractivity contribution in [1.29, 1.82) is 0 Å². The summed E-state index contributed by atoms with van der Waals surface area (Å²) in [4.78, 5) is 38.8. The molecule has 3 aliphatic rings. The summed E-state index contributed by atoms with van der Waals surface area (Å²) >= 11 is 0. The van der Waals surface area contributed by atoms with Gasteiger partial charge in [0.25, 0.3) is 0 Å². The van der Waals surface area contributed by atoms with Crippen molar-refractivity contribution in [2.45, 2.75) is 65.3 Å². The summed E-state index contributed by atoms with van der Waals surface area (Å²) in [7, 11) is 5.42. The first-order valence-corrected chi connectivity index (χ1v) is 15.4. The van der Waals surface area contributed by atoms with Crippen LogP contribution in [0, 0.1) is 11.8 Å². The second kappa shape index (κ2) is 21.3. The highest BCUT2D eigenvalue weighted by Gasteiger charge is 2.44. The number of likely N-dealkylation sites (N-methyl/N-ethyl adjacent to an activating group) is 1. The van der Waals surface area contributed by atoms with Crippen molar-refractivity contribution < 1.29 is 19.1 Å². The molecule has 8 nitrogen and oxygen atoms in total. The van der Waals surface area contributed by atoms with Gasteiger partial charge >= 0.3 is 11.8 Å². The number of rotatable bonds is 9. The van der Waals surface area contributed by atoms with Gasteiger partial charge in [0.1, 0.15) is 12.0 Å². The summed E-state index contributed by atoms with van der Waals surface area (Å²) in [6.07, 6.45) is 23.6. The van der Waals surface area contributed by atoms with Crippen LogP contribution in [-0.2, 0) is 19.1 Å². The monoisotopic (exact) mass is 614 g/mol. The molecule has 242 valence electrons. The number of hydrogen-bond donors (Lipinski definition) is 3. The summed E-state index contributed by atoms with van der Waals surface area (Å²) < 4.78 is 5.19. The molecule has 0 radical (unpaired) electrons. The number of nitrogens with zero attached hydrogens (tertiary/aromatic N) is 1. The number of aldehydes is 1. The fourth-order valence-corrected chi connectivity index (χ4v) is 4.34. The second-order valence-electron chi connectivity index (χ2n) is 10.4. The Bertz CT molecular complexity index is 1370. The smallest absolute Gasteiger partial charge is 0.310 e. The predicted molar refractivity (Wildman–Crippen MR) is 186 cm³/mol. The lowest BCUT2D eigenvalue weighted by Gasteiger charge is -2.19. The Hall–Kier alpha value is -4.48. The van der Waals surface area contributed by atoms with Crippen LogP contribution in [0.3, 0.4) is 0 Å². The molecular formula is C37H50N4O4. The van der Waals surface area contributed by atoms with Crippen LogP contribution in [0.5, 0.6) is 0 Å². The Balaban J connectivity index is 0.000000468. The summed E-state index contributed by atoms with van der Waals surface area (Å²) in [5.41, 5.74) is 5.92. The van der Waals surface area contributed by atoms with E-state index in [9.17, 15) is 14.4 Å². The largest absolute Gasteiger partial charge is 0.496 e. The van der Waals surface area contributed by atoms with Gasteiger partial charge in [0.2, 0.25) is 0 Å². The van der Waals surface area contributed by atoms with E-state index < -0.39 is 11.8 Å². The van der Waals surface area contributed by atoms with Crippen LogP contribution in [0.15, 0.2) is 99.9 Å². The van der Waals surface area contributed by atoms with E-state index in [1.165, 1.54) is 37.5 Å². The maximum Gasteiger partial charge on any atom is 0.310 e. The van der Waals surface area contributed by atoms with Crippen LogP contribution >= 0.6 is 0 Å². The number of aliphatic imine (C=N–C) groups is 1. The Morgan fingerprint density at radius 2 is 1.80 bits per heavy atom. The molecule has 0 unspecified atom stereocenters. The molecule has 3 aliphatic carbocycles. The van der Waals surface area contributed by atoms with Crippen LogP contribution in [0.1, 0.15) is 59.8 Å². The molecule has 45 heavy (non-hydrogen) atoms. The number of nitrogens with one attached hydrogen (secondary N) is 3. The van der Waals surface area contributed by atoms with E-state index in [0.717, 1.165) is 30.4 Å². The maximum absolute atomic E-state index is 11.8. The van der Waals surface area contributed by atoms with Gasteiger partial charge in [-0.2, -0.15) is 0 Å². The standard InChI is InChI=1S/C21H24N2O4.C13H18N2.C3H8/c1-4-5-12-19(27-3)16(2)9-8-13-22-20(25)21(26)23-14-17-10-6-7-11-18(17)15-24;1-4-10-9-11(5-6-12(10)14-2)13(15-3)7-8-13;1-3-2/h4-5,10-12,15H,1,6-7,13-14H2,2-3H3,(H,22,25)(H,23,26);4-6,9,15H,7-8H2,1-3H3;3H2,1-2H3/b12-5-,19-16-;10-4-,14-12?;. The van der Waals surface area contributed by atoms with Crippen molar-refractivity contribution in [3.8, 4) is 11.8 Å². The molecule has 1 fully saturated rings. The Morgan fingerprint density at radius 3 is 2.36 bits per heavy atom. The fourth-order valence-electron chi connectivity index (χ4n) is 4.34. The zero-order valence-corrected chi connectivity index (χ0v) is 28.0. The van der Waals surface area contributed by atoms with Gasteiger partial charge in [0.15, 0.2) is 0 Å². The van der Waals surface area contributed by atoms with Gasteiger partial charge in [-0.05, 0) is 81.5 Å². The van der Waals surface area contributed by atoms with Gasteiger partial charge < -0.3 is 20.7 Å². The minimum Gasteiger partial charge on any atom is -0.496 e. The van der Waals surface area contributed by atoms with Gasteiger partial charge in [-0.1, -0.05) is 75.1 Å². The molecule has 0 spiro atoms. The SMILES string of the molecule is C/C=C1/C=C(C2(NC)CC2)C=CC1=NC.C=C/C=C\C(OC)=C(/C)C#CCNC(=O)C(=O)NCC1=CCCC=C1C=O.CCC. The molecule has 0 bridgehead atoms. The molecule has 0 heterocycles. The van der Waals surface area contributed by atoms with Crippen molar-refractivity contribution in [3.05, 3.63) is 94.9 Å². The minimum atomic E-state index is -0.780. The van der Waals surface area contributed by atoms with Crippen LogP contribution in [0.2, 0.25) is 0 Å². The minimum absolute atomic E-state index is 0.0218. The molecule has 0 aromatic heterocycles. The number of ether oxygens (including phenoxy) is 1. The average molecular weight is 615 g/mol. The highest BCUT2D eigenvalue weighted by atomic mass is 16.5. The van der Waals surface area contributed by atoms with Crippen LogP contribution in [-0.4, -0.2) is 63.6 Å². The molecule has 0 aromatic carbocycles. The number of hydrogen-bond acceptors (Lipinski definition) is 6. The number of allylic oxidation sites excluding steroid dienone is 10. The lowest BCUT2D eigenvalue weighted by molar-refractivity contribution is -0.138. The number of carbonyl (C=O) groups excluding carboxylic acids is 3. The van der Waals surface area contributed by atoms with E-state index in [1.54, 1.807) is 25.2 Å². The summed E-state index contributed by atoms with van der Waals surface area (Å²) in [5, 5.41) is 8.34. The Morgan fingerprint density at radius 1 is 1.13 bits per heavy atom. The van der Waals surface area contributed by atoms with E-state index in [0.29, 0.717) is 16.9 Å². The molecular weight excluding hydrogens is 564 g/mol. The summed E-state index contributed by atoms with van der Waals surface area (Å²) in [6.45, 7) is 11.8. The summed E-state index contributed by atoms with van der Waals surface area (Å²) in [6, 6.07) is 0. The van der Waals surface area contributed by atoms with Gasteiger partial charge in [0, 0.05) is 30.3 Å². The van der Waals surface area contributed by atoms with E-state index >= 15 is 0 Å². The highest BCUT2D eigenvalue weighted by Crippen LogP contribution is 2.43. The first kappa shape index (κ1) is 38.5. The Kier molecular flexibility index (Phi) is 18.2. The van der Waals surface area contributed by atoms with Crippen molar-refractivity contribution in [2.75, 3.05) is 34.3 Å². The molecule has 3 rings (SSSR count). The van der Waals surface area contributed by atoms with Gasteiger partial charge in [-0.15, -0.1) is 0 Å². The second-order valence-corrected chi connectivity index (χ2v) is 10.4. The van der Waals surface area contributed by atoms with Crippen LogP contribution < -0.4 is 16.0 Å². The lowest BCUT2D eigenvalue weighted by atomic mass is 9.94. The number of methoxy groups -OCH3 is 1. The maximum atomic E-state index is 11.8. The molecule has 0 aliphatic heterocycles. The van der Waals surface area contributed by atoms with Crippen molar-refractivity contribution in [1.82, 2.24) is 16.0 Å². The molecule has 0 atom stereocenters. The fraction of sp³-hybridized carbons (Fsp3) is 0.405. The third kappa shape index (κ3) is 13.0. The van der Waals surface area contributed by atoms with Crippen molar-refractivity contribution in [3.63, 3.8) is 0 Å². The number of carbonyl (C=O) groups is 3. The zero-order chi connectivity index (χ0) is 33.7. The number of amides is 2. The van der Waals surface area contributed by atoms with Crippen LogP contribution in [0.25, 0.3) is 0 Å². The van der Waals surface area contributed by atoms with Gasteiger partial charge in [-0.3, -0.25) is 19.4 Å². The average Bonchev–Trinajstić information content (AvgIpc) is 3.87. The van der Waals surface area contributed by atoms with E-state index in [4.69, 9.17) is 4.74 Å². The first-order chi connectivity index (χ1) is 21.7. The third-order valence-electron chi connectivity index (χ3n) is 7.01. The quantitative estimate of drug-likeness (QED) is 0.106. The Labute approximate surface area is 269 Å². The van der Waals surface area contributed by atoms with Crippen molar-refractivity contribution >= 4 is 23.8 Å². The zero-order valence-electron chi connectivity index (χ0n) is 28.0. The topological polar surface area (TPSA) is 109 Å². The molecule has 0 saturated heterocycles. The summed E-state index contributed by atoms with van der Waals surface area (Å²) in [5.74, 6) is 4.65. The third-order valence-corrected chi connectivity index (χ3v) is 7.01. The van der Waals surface area contributed by atoms with Crippen molar-refractivity contribution in [2.24, 2.45) is 4.99 Å². The van der Waals surface area contributed by atoms with E-state index in [-0.39, 0.29) is 18.6 Å². The van der Waals surface area contributed by atoms with Gasteiger partial charge in [0.05, 0.1) is 19.4 Å². The highest BCUT2D eigenvalue weighted by molar-refractivity contribution is 6.35. The molecule has 2 amide bonds. The molecule has 3 N–H and O–H groups in total. The van der Waals surface area contributed by atoms with Gasteiger partial charge in [-0.25, -0.2) is 0 Å². The molecule has 0 aromatic rings. The normalized spacial score (nSPS) is 18.2. The molecule has 8 heteroatoms. The van der Waals surface area contributed by atoms with E-state index in [2.05, 4.69) is 84.4 Å². The predicted octanol–water partition coefficient (Wildman–Crippen LogP) is 5.40. The molecule has 1 saturated carbocycles. The van der Waals surface area contributed by atoms with E-state index in [1.807, 2.05) is 26.2 Å². The lowest BCUT2D eigenvalue weighted by Crippen LogP contribution is -2.41. The van der Waals surface area contributed by atoms with Crippen LogP contribution in [0.4, 0.5) is 0 Å². The first-order valence-electron chi connectivity index (χ1n) is 15.4.